The average molecular weight is 298 g/mol. The van der Waals surface area contributed by atoms with E-state index in [4.69, 9.17) is 11.6 Å². The number of hydrogen-bond donors (Lipinski definition) is 0. The number of ketones is 1. The van der Waals surface area contributed by atoms with Crippen molar-refractivity contribution >= 4 is 28.3 Å². The largest absolute Gasteiger partial charge is 0.340 e. The quantitative estimate of drug-likeness (QED) is 0.638. The maximum atomic E-state index is 12.4. The number of Topliss-reactive ketones (excluding diaryl/α,β-unsaturated/α-hetero) is 1. The summed E-state index contributed by atoms with van der Waals surface area (Å²) in [7, 11) is 0. The minimum absolute atomic E-state index is 0.107. The number of carbonyl (C=O) groups is 1. The van der Waals surface area contributed by atoms with E-state index in [9.17, 15) is 4.79 Å². The van der Waals surface area contributed by atoms with Gasteiger partial charge in [-0.3, -0.25) is 4.79 Å². The van der Waals surface area contributed by atoms with Gasteiger partial charge >= 0.3 is 0 Å². The summed E-state index contributed by atoms with van der Waals surface area (Å²) in [6.45, 7) is 2.43. The van der Waals surface area contributed by atoms with Gasteiger partial charge in [-0.2, -0.15) is 0 Å². The minimum atomic E-state index is 0.107. The fraction of sp³-hybridized carbons (Fsp3) is 0.167. The molecule has 0 unspecified atom stereocenters. The summed E-state index contributed by atoms with van der Waals surface area (Å²) in [6.07, 6.45) is 2.91. The molecule has 106 valence electrons. The Morgan fingerprint density at radius 1 is 1.10 bits per heavy atom. The molecule has 2 aromatic carbocycles. The highest BCUT2D eigenvalue weighted by Gasteiger charge is 2.09. The van der Waals surface area contributed by atoms with Crippen molar-refractivity contribution in [3.63, 3.8) is 0 Å². The maximum Gasteiger partial charge on any atom is 0.182 e. The van der Waals surface area contributed by atoms with Gasteiger partial charge in [0.15, 0.2) is 5.78 Å². The van der Waals surface area contributed by atoms with E-state index in [1.165, 1.54) is 5.56 Å². The number of halogens is 1. The Morgan fingerprint density at radius 2 is 1.86 bits per heavy atom. The molecule has 0 bridgehead atoms. The third-order valence-corrected chi connectivity index (χ3v) is 3.97. The monoisotopic (exact) mass is 297 g/mol. The van der Waals surface area contributed by atoms with Crippen molar-refractivity contribution in [2.45, 2.75) is 19.9 Å². The number of aromatic nitrogens is 1. The summed E-state index contributed by atoms with van der Waals surface area (Å²) >= 11 is 6.04. The predicted octanol–water partition coefficient (Wildman–Crippen LogP) is 4.74. The Hall–Kier alpha value is -2.06. The van der Waals surface area contributed by atoms with Crippen LogP contribution in [-0.2, 0) is 13.0 Å². The molecule has 3 aromatic rings. The van der Waals surface area contributed by atoms with Crippen molar-refractivity contribution in [1.82, 2.24) is 4.57 Å². The Morgan fingerprint density at radius 3 is 2.57 bits per heavy atom. The molecule has 0 radical (unpaired) electrons. The summed E-state index contributed by atoms with van der Waals surface area (Å²) in [5.74, 6) is 0.107. The summed E-state index contributed by atoms with van der Waals surface area (Å²) in [6, 6.07) is 15.5. The van der Waals surface area contributed by atoms with Gasteiger partial charge < -0.3 is 4.57 Å². The van der Waals surface area contributed by atoms with Gasteiger partial charge in [-0.15, -0.1) is 0 Å². The van der Waals surface area contributed by atoms with E-state index in [0.29, 0.717) is 11.6 Å². The zero-order chi connectivity index (χ0) is 14.8. The Balaban J connectivity index is 1.87. The number of carbonyl (C=O) groups excluding carboxylic acids is 1. The fourth-order valence-electron chi connectivity index (χ4n) is 2.47. The van der Waals surface area contributed by atoms with Gasteiger partial charge in [0.05, 0.1) is 6.54 Å². The molecular weight excluding hydrogens is 282 g/mol. The predicted molar refractivity (Wildman–Crippen MR) is 87.1 cm³/mol. The second-order valence-corrected chi connectivity index (χ2v) is 5.56. The third kappa shape index (κ3) is 2.86. The average Bonchev–Trinajstić information content (AvgIpc) is 2.89. The highest BCUT2D eigenvalue weighted by Crippen LogP contribution is 2.21. The van der Waals surface area contributed by atoms with E-state index in [2.05, 4.69) is 6.92 Å². The molecule has 0 saturated heterocycles. The molecule has 1 aromatic heterocycles. The van der Waals surface area contributed by atoms with Gasteiger partial charge in [0.1, 0.15) is 0 Å². The Bertz CT molecular complexity index is 787. The number of fused-ring (bicyclic) bond motifs is 1. The lowest BCUT2D eigenvalue weighted by Gasteiger charge is -2.06. The smallest absolute Gasteiger partial charge is 0.182 e. The van der Waals surface area contributed by atoms with Crippen molar-refractivity contribution < 1.29 is 4.79 Å². The zero-order valence-electron chi connectivity index (χ0n) is 11.8. The highest BCUT2D eigenvalue weighted by atomic mass is 35.5. The molecular formula is C18H16ClNO. The van der Waals surface area contributed by atoms with E-state index in [1.807, 2.05) is 59.3 Å². The first-order valence-corrected chi connectivity index (χ1v) is 7.41. The molecule has 0 spiro atoms. The van der Waals surface area contributed by atoms with Crippen LogP contribution in [0.3, 0.4) is 0 Å². The van der Waals surface area contributed by atoms with Crippen molar-refractivity contribution in [1.29, 1.82) is 0 Å². The molecule has 0 saturated carbocycles. The van der Waals surface area contributed by atoms with Crippen LogP contribution in [0.1, 0.15) is 22.8 Å². The van der Waals surface area contributed by atoms with Crippen molar-refractivity contribution in [3.8, 4) is 0 Å². The van der Waals surface area contributed by atoms with Gasteiger partial charge in [0.2, 0.25) is 0 Å². The molecule has 0 fully saturated rings. The molecule has 1 heterocycles. The van der Waals surface area contributed by atoms with Crippen LogP contribution in [0.2, 0.25) is 5.02 Å². The number of hydrogen-bond acceptors (Lipinski definition) is 1. The van der Waals surface area contributed by atoms with E-state index >= 15 is 0 Å². The minimum Gasteiger partial charge on any atom is -0.340 e. The van der Waals surface area contributed by atoms with Crippen LogP contribution in [0, 0.1) is 0 Å². The van der Waals surface area contributed by atoms with Crippen LogP contribution < -0.4 is 0 Å². The van der Waals surface area contributed by atoms with Crippen molar-refractivity contribution in [2.24, 2.45) is 0 Å². The first-order valence-electron chi connectivity index (χ1n) is 7.04. The lowest BCUT2D eigenvalue weighted by Crippen LogP contribution is -2.09. The van der Waals surface area contributed by atoms with Gasteiger partial charge in [-0.05, 0) is 35.6 Å². The van der Waals surface area contributed by atoms with Crippen LogP contribution in [0.4, 0.5) is 0 Å². The topological polar surface area (TPSA) is 22.0 Å². The van der Waals surface area contributed by atoms with Gasteiger partial charge in [0.25, 0.3) is 0 Å². The maximum absolute atomic E-state index is 12.4. The van der Waals surface area contributed by atoms with Crippen LogP contribution in [0.15, 0.2) is 54.7 Å². The summed E-state index contributed by atoms with van der Waals surface area (Å²) in [4.78, 5) is 12.4. The van der Waals surface area contributed by atoms with Gasteiger partial charge in [-0.1, -0.05) is 48.9 Å². The molecule has 21 heavy (non-hydrogen) atoms. The van der Waals surface area contributed by atoms with Gasteiger partial charge in [0, 0.05) is 22.3 Å². The summed E-state index contributed by atoms with van der Waals surface area (Å²) < 4.78 is 1.94. The second-order valence-electron chi connectivity index (χ2n) is 5.12. The third-order valence-electron chi connectivity index (χ3n) is 3.73. The van der Waals surface area contributed by atoms with E-state index in [0.717, 1.165) is 22.9 Å². The first-order chi connectivity index (χ1) is 10.2. The first kappa shape index (κ1) is 13.9. The molecule has 0 aliphatic heterocycles. The van der Waals surface area contributed by atoms with E-state index in [-0.39, 0.29) is 5.78 Å². The number of nitrogens with zero attached hydrogens (tertiary/aromatic N) is 1. The number of benzene rings is 2. The molecule has 3 rings (SSSR count). The van der Waals surface area contributed by atoms with Crippen LogP contribution >= 0.6 is 11.6 Å². The van der Waals surface area contributed by atoms with Crippen LogP contribution in [0.25, 0.3) is 10.9 Å². The standard InChI is InChI=1S/C18H16ClNO/c1-2-13-3-5-15(6-4-13)18(21)12-20-10-9-14-7-8-16(19)11-17(14)20/h3-11H,2,12H2,1H3. The number of rotatable bonds is 4. The molecule has 0 aliphatic carbocycles. The Labute approximate surface area is 129 Å². The fourth-order valence-corrected chi connectivity index (χ4v) is 2.63. The van der Waals surface area contributed by atoms with Crippen molar-refractivity contribution in [3.05, 3.63) is 70.9 Å². The Kier molecular flexibility index (Phi) is 3.80. The van der Waals surface area contributed by atoms with Crippen LogP contribution in [0.5, 0.6) is 0 Å². The molecule has 0 aliphatic rings. The SMILES string of the molecule is CCc1ccc(C(=O)Cn2ccc3ccc(Cl)cc32)cc1. The van der Waals surface area contributed by atoms with E-state index in [1.54, 1.807) is 0 Å². The lowest BCUT2D eigenvalue weighted by molar-refractivity contribution is 0.0973. The molecule has 2 nitrogen and oxygen atoms in total. The second kappa shape index (κ2) is 5.74. The van der Waals surface area contributed by atoms with E-state index < -0.39 is 0 Å². The van der Waals surface area contributed by atoms with Crippen molar-refractivity contribution in [2.75, 3.05) is 0 Å². The normalized spacial score (nSPS) is 11.0. The van der Waals surface area contributed by atoms with Crippen LogP contribution in [-0.4, -0.2) is 10.4 Å². The number of aryl methyl sites for hydroxylation is 1. The summed E-state index contributed by atoms with van der Waals surface area (Å²) in [5.41, 5.74) is 2.97. The highest BCUT2D eigenvalue weighted by molar-refractivity contribution is 6.31. The zero-order valence-corrected chi connectivity index (χ0v) is 12.6. The molecule has 0 atom stereocenters. The summed E-state index contributed by atoms with van der Waals surface area (Å²) in [5, 5.41) is 1.77. The molecule has 0 N–H and O–H groups in total. The lowest BCUT2D eigenvalue weighted by atomic mass is 10.1. The molecule has 3 heteroatoms. The van der Waals surface area contributed by atoms with Gasteiger partial charge in [-0.25, -0.2) is 0 Å². The molecule has 0 amide bonds.